The van der Waals surface area contributed by atoms with Crippen LogP contribution in [0.1, 0.15) is 19.9 Å². The van der Waals surface area contributed by atoms with Gasteiger partial charge in [0.2, 0.25) is 4.80 Å². The van der Waals surface area contributed by atoms with Crippen molar-refractivity contribution in [1.29, 1.82) is 0 Å². The van der Waals surface area contributed by atoms with Gasteiger partial charge in [0, 0.05) is 6.04 Å². The lowest BCUT2D eigenvalue weighted by Crippen LogP contribution is -2.19. The molecule has 0 unspecified atom stereocenters. The van der Waals surface area contributed by atoms with Crippen LogP contribution in [0.5, 0.6) is 0 Å². The van der Waals surface area contributed by atoms with Crippen molar-refractivity contribution >= 4 is 11.3 Å². The molecule has 112 valence electrons. The fourth-order valence-electron chi connectivity index (χ4n) is 2.61. The van der Waals surface area contributed by atoms with Crippen molar-refractivity contribution in [2.45, 2.75) is 19.9 Å². The third-order valence-corrected chi connectivity index (χ3v) is 4.68. The van der Waals surface area contributed by atoms with Gasteiger partial charge in [-0.2, -0.15) is 5.10 Å². The lowest BCUT2D eigenvalue weighted by molar-refractivity contribution is 0.588. The first-order valence-corrected chi connectivity index (χ1v) is 8.14. The van der Waals surface area contributed by atoms with Crippen LogP contribution < -0.4 is 10.6 Å². The van der Waals surface area contributed by atoms with E-state index < -0.39 is 0 Å². The number of aromatic nitrogens is 1. The van der Waals surface area contributed by atoms with E-state index in [0.29, 0.717) is 0 Å². The van der Waals surface area contributed by atoms with E-state index in [4.69, 9.17) is 5.84 Å². The van der Waals surface area contributed by atoms with Crippen LogP contribution in [0.3, 0.4) is 0 Å². The van der Waals surface area contributed by atoms with Gasteiger partial charge in [0.25, 0.3) is 0 Å². The lowest BCUT2D eigenvalue weighted by Gasteiger charge is -2.14. The van der Waals surface area contributed by atoms with E-state index in [0.717, 1.165) is 4.80 Å². The summed E-state index contributed by atoms with van der Waals surface area (Å²) in [6.45, 7) is 4.31. The second kappa shape index (κ2) is 6.20. The minimum atomic E-state index is 0.284. The number of thiazole rings is 1. The summed E-state index contributed by atoms with van der Waals surface area (Å²) in [6, 6.07) is 21.1. The highest BCUT2D eigenvalue weighted by atomic mass is 32.1. The van der Waals surface area contributed by atoms with E-state index >= 15 is 0 Å². The summed E-state index contributed by atoms with van der Waals surface area (Å²) in [4.78, 5) is 2.04. The van der Waals surface area contributed by atoms with E-state index in [1.54, 1.807) is 11.3 Å². The van der Waals surface area contributed by atoms with Crippen LogP contribution in [0, 0.1) is 0 Å². The molecule has 3 rings (SSSR count). The second-order valence-electron chi connectivity index (χ2n) is 5.39. The van der Waals surface area contributed by atoms with Crippen molar-refractivity contribution in [1.82, 2.24) is 4.57 Å². The van der Waals surface area contributed by atoms with Gasteiger partial charge in [0.1, 0.15) is 0 Å². The SMILES string of the molecule is CC(C)n1c(-c2ccccc2)c(-c2ccccc2)s/c1=N\N. The standard InChI is InChI=1S/C18H19N3S/c1-13(2)21-16(14-9-5-3-6-10-14)17(22-18(21)20-19)15-11-7-4-8-12-15/h3-13H,19H2,1-2H3/b20-18-. The normalized spacial score (nSPS) is 12.0. The molecule has 0 amide bonds. The molecule has 3 aromatic rings. The van der Waals surface area contributed by atoms with Gasteiger partial charge in [-0.25, -0.2) is 0 Å². The van der Waals surface area contributed by atoms with Gasteiger partial charge in [-0.3, -0.25) is 0 Å². The first-order valence-electron chi connectivity index (χ1n) is 7.32. The Bertz CT molecular complexity index is 815. The summed E-state index contributed by atoms with van der Waals surface area (Å²) in [5.74, 6) is 5.64. The van der Waals surface area contributed by atoms with E-state index in [1.165, 1.54) is 21.7 Å². The molecule has 0 aliphatic carbocycles. The van der Waals surface area contributed by atoms with Crippen LogP contribution in [0.15, 0.2) is 65.8 Å². The fourth-order valence-corrected chi connectivity index (χ4v) is 3.82. The number of hydrogen-bond donors (Lipinski definition) is 1. The third kappa shape index (κ3) is 2.57. The Balaban J connectivity index is 2.36. The molecule has 0 spiro atoms. The van der Waals surface area contributed by atoms with E-state index in [9.17, 15) is 0 Å². The van der Waals surface area contributed by atoms with E-state index in [-0.39, 0.29) is 6.04 Å². The summed E-state index contributed by atoms with van der Waals surface area (Å²) >= 11 is 1.63. The topological polar surface area (TPSA) is 43.3 Å². The summed E-state index contributed by atoms with van der Waals surface area (Å²) in [6.07, 6.45) is 0. The number of nitrogens with zero attached hydrogens (tertiary/aromatic N) is 2. The van der Waals surface area contributed by atoms with Gasteiger partial charge in [-0.15, -0.1) is 0 Å². The maximum atomic E-state index is 5.64. The van der Waals surface area contributed by atoms with E-state index in [2.05, 4.69) is 72.0 Å². The molecule has 0 fully saturated rings. The molecule has 2 aromatic carbocycles. The molecule has 0 atom stereocenters. The number of rotatable bonds is 3. The van der Waals surface area contributed by atoms with Crippen LogP contribution in [0.4, 0.5) is 0 Å². The predicted molar refractivity (Wildman–Crippen MR) is 93.3 cm³/mol. The first-order chi connectivity index (χ1) is 10.7. The maximum absolute atomic E-state index is 5.64. The second-order valence-corrected chi connectivity index (χ2v) is 6.36. The number of nitrogens with two attached hydrogens (primary N) is 1. The quantitative estimate of drug-likeness (QED) is 0.571. The Morgan fingerprint density at radius 2 is 1.45 bits per heavy atom. The van der Waals surface area contributed by atoms with Crippen LogP contribution >= 0.6 is 11.3 Å². The molecule has 0 saturated heterocycles. The Hall–Kier alpha value is -2.33. The summed E-state index contributed by atoms with van der Waals surface area (Å²) in [7, 11) is 0. The van der Waals surface area contributed by atoms with Crippen molar-refractivity contribution in [2.75, 3.05) is 0 Å². The van der Waals surface area contributed by atoms with Crippen molar-refractivity contribution in [3.63, 3.8) is 0 Å². The molecule has 0 aliphatic heterocycles. The zero-order valence-electron chi connectivity index (χ0n) is 12.7. The van der Waals surface area contributed by atoms with Gasteiger partial charge in [-0.05, 0) is 25.0 Å². The molecule has 3 nitrogen and oxygen atoms in total. The van der Waals surface area contributed by atoms with Gasteiger partial charge in [0.05, 0.1) is 10.6 Å². The molecule has 1 heterocycles. The highest BCUT2D eigenvalue weighted by molar-refractivity contribution is 7.13. The molecule has 0 bridgehead atoms. The van der Waals surface area contributed by atoms with E-state index in [1.807, 2.05) is 12.1 Å². The molecule has 0 saturated carbocycles. The zero-order chi connectivity index (χ0) is 15.5. The smallest absolute Gasteiger partial charge is 0.208 e. The van der Waals surface area contributed by atoms with Crippen molar-refractivity contribution in [3.05, 3.63) is 65.5 Å². The third-order valence-electron chi connectivity index (χ3n) is 3.57. The highest BCUT2D eigenvalue weighted by Gasteiger charge is 2.18. The van der Waals surface area contributed by atoms with Gasteiger partial charge < -0.3 is 10.4 Å². The fraction of sp³-hybridized carbons (Fsp3) is 0.167. The van der Waals surface area contributed by atoms with Gasteiger partial charge >= 0.3 is 0 Å². The van der Waals surface area contributed by atoms with Crippen LogP contribution in [0.25, 0.3) is 21.7 Å². The number of benzene rings is 2. The molecule has 0 radical (unpaired) electrons. The molecule has 2 N–H and O–H groups in total. The Morgan fingerprint density at radius 3 is 1.95 bits per heavy atom. The van der Waals surface area contributed by atoms with Crippen molar-refractivity contribution in [3.8, 4) is 21.7 Å². The summed E-state index contributed by atoms with van der Waals surface area (Å²) in [5, 5.41) is 4.01. The minimum absolute atomic E-state index is 0.284. The summed E-state index contributed by atoms with van der Waals surface area (Å²) < 4.78 is 2.21. The largest absolute Gasteiger partial charge is 0.320 e. The molecule has 1 aromatic heterocycles. The van der Waals surface area contributed by atoms with Crippen molar-refractivity contribution < 1.29 is 0 Å². The van der Waals surface area contributed by atoms with Crippen LogP contribution in [-0.4, -0.2) is 4.57 Å². The average Bonchev–Trinajstić information content (AvgIpc) is 2.96. The molecular weight excluding hydrogens is 290 g/mol. The molecular formula is C18H19N3S. The maximum Gasteiger partial charge on any atom is 0.208 e. The molecule has 22 heavy (non-hydrogen) atoms. The summed E-state index contributed by atoms with van der Waals surface area (Å²) in [5.41, 5.74) is 3.55. The average molecular weight is 309 g/mol. The highest BCUT2D eigenvalue weighted by Crippen LogP contribution is 2.35. The Morgan fingerprint density at radius 1 is 0.909 bits per heavy atom. The van der Waals surface area contributed by atoms with Gasteiger partial charge in [-0.1, -0.05) is 72.0 Å². The number of hydrogen-bond acceptors (Lipinski definition) is 3. The molecule has 4 heteroatoms. The van der Waals surface area contributed by atoms with Crippen LogP contribution in [-0.2, 0) is 0 Å². The minimum Gasteiger partial charge on any atom is -0.320 e. The monoisotopic (exact) mass is 309 g/mol. The predicted octanol–water partition coefficient (Wildman–Crippen LogP) is 4.24. The zero-order valence-corrected chi connectivity index (χ0v) is 13.5. The Kier molecular flexibility index (Phi) is 4.11. The molecule has 0 aliphatic rings. The first kappa shape index (κ1) is 14.6. The van der Waals surface area contributed by atoms with Gasteiger partial charge in [0.15, 0.2) is 0 Å². The Labute approximate surface area is 134 Å². The lowest BCUT2D eigenvalue weighted by atomic mass is 10.1. The van der Waals surface area contributed by atoms with Crippen LogP contribution in [0.2, 0.25) is 0 Å². The van der Waals surface area contributed by atoms with Crippen molar-refractivity contribution in [2.24, 2.45) is 10.9 Å².